The highest BCUT2D eigenvalue weighted by Crippen LogP contribution is 2.44. The van der Waals surface area contributed by atoms with E-state index in [1.54, 1.807) is 18.2 Å². The van der Waals surface area contributed by atoms with Crippen LogP contribution in [0.5, 0.6) is 0 Å². The van der Waals surface area contributed by atoms with E-state index in [1.807, 2.05) is 0 Å². The number of nitrogens with one attached hydrogen (secondary N) is 2. The van der Waals surface area contributed by atoms with Gasteiger partial charge in [-0.2, -0.15) is 18.3 Å². The molecule has 1 saturated carbocycles. The lowest BCUT2D eigenvalue weighted by Crippen LogP contribution is -2.37. The van der Waals surface area contributed by atoms with Crippen LogP contribution in [0.15, 0.2) is 24.3 Å². The normalized spacial score (nSPS) is 22.3. The van der Waals surface area contributed by atoms with Crippen molar-refractivity contribution in [3.63, 3.8) is 0 Å². The molecule has 0 unspecified atom stereocenters. The molecule has 30 heavy (non-hydrogen) atoms. The average molecular weight is 461 g/mol. The number of carbonyl (C=O) groups is 1. The number of nitrogens with zero attached hydrogens (tertiary/aromatic N) is 2. The van der Waals surface area contributed by atoms with Gasteiger partial charge in [-0.1, -0.05) is 48.5 Å². The zero-order valence-electron chi connectivity index (χ0n) is 16.0. The fourth-order valence-electron chi connectivity index (χ4n) is 4.14. The van der Waals surface area contributed by atoms with Crippen LogP contribution in [-0.2, 0) is 0 Å². The Morgan fingerprint density at radius 3 is 2.53 bits per heavy atom. The summed E-state index contributed by atoms with van der Waals surface area (Å²) in [5, 5.41) is 10.6. The van der Waals surface area contributed by atoms with Gasteiger partial charge < -0.3 is 10.6 Å². The van der Waals surface area contributed by atoms with Crippen LogP contribution in [0.25, 0.3) is 0 Å². The Morgan fingerprint density at radius 1 is 1.13 bits per heavy atom. The van der Waals surface area contributed by atoms with E-state index in [0.29, 0.717) is 10.6 Å². The van der Waals surface area contributed by atoms with Gasteiger partial charge >= 0.3 is 6.18 Å². The smallest absolute Gasteiger partial charge is 0.363 e. The first kappa shape index (κ1) is 21.3. The molecule has 1 aromatic heterocycles. The molecule has 2 aromatic rings. The molecule has 2 aliphatic rings. The highest BCUT2D eigenvalue weighted by molar-refractivity contribution is 6.42. The minimum Gasteiger partial charge on any atom is -0.363 e. The molecule has 1 aromatic carbocycles. The second kappa shape index (κ2) is 8.30. The van der Waals surface area contributed by atoms with Gasteiger partial charge in [-0.15, -0.1) is 0 Å². The second-order valence-electron chi connectivity index (χ2n) is 7.83. The molecule has 1 aliphatic heterocycles. The zero-order valence-corrected chi connectivity index (χ0v) is 17.5. The van der Waals surface area contributed by atoms with Crippen LogP contribution < -0.4 is 10.6 Å². The van der Waals surface area contributed by atoms with Gasteiger partial charge in [0.2, 0.25) is 0 Å². The van der Waals surface area contributed by atoms with Crippen molar-refractivity contribution in [3.8, 4) is 0 Å². The van der Waals surface area contributed by atoms with Gasteiger partial charge in [0.05, 0.1) is 16.1 Å². The number of alkyl halides is 3. The van der Waals surface area contributed by atoms with Crippen LogP contribution in [0.4, 0.5) is 19.0 Å². The number of amides is 1. The number of anilines is 1. The highest BCUT2D eigenvalue weighted by atomic mass is 35.5. The lowest BCUT2D eigenvalue weighted by atomic mass is 9.95. The Bertz CT molecular complexity index is 941. The van der Waals surface area contributed by atoms with E-state index < -0.39 is 24.2 Å². The third-order valence-electron chi connectivity index (χ3n) is 5.71. The van der Waals surface area contributed by atoms with Crippen LogP contribution in [0.2, 0.25) is 10.0 Å². The summed E-state index contributed by atoms with van der Waals surface area (Å²) in [4.78, 5) is 12.6. The number of hydrogen-bond acceptors (Lipinski definition) is 3. The predicted molar refractivity (Wildman–Crippen MR) is 109 cm³/mol. The van der Waals surface area contributed by atoms with Crippen LogP contribution in [-0.4, -0.2) is 27.9 Å². The Morgan fingerprint density at radius 2 is 1.87 bits per heavy atom. The van der Waals surface area contributed by atoms with E-state index in [9.17, 15) is 18.0 Å². The summed E-state index contributed by atoms with van der Waals surface area (Å²) >= 11 is 12.0. The lowest BCUT2D eigenvalue weighted by molar-refractivity contribution is -0.173. The molecular weight excluding hydrogens is 440 g/mol. The van der Waals surface area contributed by atoms with Crippen LogP contribution in [0.1, 0.15) is 66.7 Å². The summed E-state index contributed by atoms with van der Waals surface area (Å²) in [7, 11) is 0. The molecule has 1 amide bonds. The molecule has 0 bridgehead atoms. The first-order valence-corrected chi connectivity index (χ1v) is 10.7. The number of rotatable bonds is 3. The monoisotopic (exact) mass is 460 g/mol. The van der Waals surface area contributed by atoms with Gasteiger partial charge in [-0.05, 0) is 30.5 Å². The first-order valence-electron chi connectivity index (χ1n) is 9.91. The van der Waals surface area contributed by atoms with Gasteiger partial charge in [0, 0.05) is 18.5 Å². The Kier molecular flexibility index (Phi) is 5.90. The highest BCUT2D eigenvalue weighted by Gasteiger charge is 2.47. The van der Waals surface area contributed by atoms with Crippen molar-refractivity contribution < 1.29 is 18.0 Å². The first-order chi connectivity index (χ1) is 14.2. The van der Waals surface area contributed by atoms with Gasteiger partial charge in [0.25, 0.3) is 5.91 Å². The van der Waals surface area contributed by atoms with E-state index in [2.05, 4.69) is 15.7 Å². The minimum atomic E-state index is -4.52. The summed E-state index contributed by atoms with van der Waals surface area (Å²) in [5.74, 6) is -0.300. The van der Waals surface area contributed by atoms with Crippen LogP contribution >= 0.6 is 23.2 Å². The topological polar surface area (TPSA) is 59.0 Å². The maximum Gasteiger partial charge on any atom is 0.410 e. The molecule has 4 rings (SSSR count). The molecule has 162 valence electrons. The fraction of sp³-hybridized carbons (Fsp3) is 0.500. The number of halogens is 5. The van der Waals surface area contributed by atoms with Crippen molar-refractivity contribution in [2.24, 2.45) is 0 Å². The maximum absolute atomic E-state index is 13.8. The SMILES string of the molecule is O=C(NC1CCCCC1)c1cc2n(n1)[C@@H](C(F)(F)F)C[C@H](c1ccc(Cl)c(Cl)c1)N2. The summed E-state index contributed by atoms with van der Waals surface area (Å²) < 4.78 is 42.3. The molecule has 1 aliphatic carbocycles. The summed E-state index contributed by atoms with van der Waals surface area (Å²) in [5.41, 5.74) is 0.561. The molecule has 2 N–H and O–H groups in total. The van der Waals surface area contributed by atoms with Crippen molar-refractivity contribution in [2.75, 3.05) is 5.32 Å². The molecule has 5 nitrogen and oxygen atoms in total. The maximum atomic E-state index is 13.8. The Balaban J connectivity index is 1.61. The summed E-state index contributed by atoms with van der Waals surface area (Å²) in [6.45, 7) is 0. The molecule has 0 radical (unpaired) electrons. The van der Waals surface area contributed by atoms with Crippen molar-refractivity contribution in [3.05, 3.63) is 45.6 Å². The molecular formula is C20H21Cl2F3N4O. The van der Waals surface area contributed by atoms with E-state index in [-0.39, 0.29) is 29.0 Å². The molecule has 2 atom stereocenters. The van der Waals surface area contributed by atoms with Gasteiger partial charge in [-0.3, -0.25) is 4.79 Å². The minimum absolute atomic E-state index is 0.0212. The van der Waals surface area contributed by atoms with Crippen molar-refractivity contribution >= 4 is 34.9 Å². The van der Waals surface area contributed by atoms with E-state index in [0.717, 1.165) is 36.8 Å². The fourth-order valence-corrected chi connectivity index (χ4v) is 4.44. The van der Waals surface area contributed by atoms with Crippen LogP contribution in [0.3, 0.4) is 0 Å². The lowest BCUT2D eigenvalue weighted by Gasteiger charge is -2.33. The van der Waals surface area contributed by atoms with E-state index in [1.165, 1.54) is 6.07 Å². The number of hydrogen-bond donors (Lipinski definition) is 2. The Labute approximate surface area is 181 Å². The zero-order chi connectivity index (χ0) is 21.5. The largest absolute Gasteiger partial charge is 0.410 e. The third kappa shape index (κ3) is 4.39. The quantitative estimate of drug-likeness (QED) is 0.598. The molecule has 0 saturated heterocycles. The van der Waals surface area contributed by atoms with Gasteiger partial charge in [0.15, 0.2) is 11.7 Å². The van der Waals surface area contributed by atoms with Crippen LogP contribution in [0, 0.1) is 0 Å². The third-order valence-corrected chi connectivity index (χ3v) is 6.45. The standard InChI is InChI=1S/C20H21Cl2F3N4O/c21-13-7-6-11(8-14(13)22)15-9-17(20(23,24)25)29-18(27-15)10-16(28-29)19(30)26-12-4-2-1-3-5-12/h6-8,10,12,15,17,27H,1-5,9H2,(H,26,30)/t15-,17-/m1/s1. The molecule has 0 spiro atoms. The summed E-state index contributed by atoms with van der Waals surface area (Å²) in [6, 6.07) is 3.66. The number of carbonyl (C=O) groups excluding carboxylic acids is 1. The second-order valence-corrected chi connectivity index (χ2v) is 8.65. The van der Waals surface area contributed by atoms with E-state index in [4.69, 9.17) is 23.2 Å². The predicted octanol–water partition coefficient (Wildman–Crippen LogP) is 5.91. The van der Waals surface area contributed by atoms with E-state index >= 15 is 0 Å². The molecule has 10 heteroatoms. The van der Waals surface area contributed by atoms with Crippen molar-refractivity contribution in [1.29, 1.82) is 0 Å². The van der Waals surface area contributed by atoms with Crippen molar-refractivity contribution in [1.82, 2.24) is 15.1 Å². The molecule has 1 fully saturated rings. The van der Waals surface area contributed by atoms with Gasteiger partial charge in [0.1, 0.15) is 5.82 Å². The van der Waals surface area contributed by atoms with Gasteiger partial charge in [-0.25, -0.2) is 4.68 Å². The number of benzene rings is 1. The van der Waals surface area contributed by atoms with Crippen molar-refractivity contribution in [2.45, 2.75) is 62.8 Å². The number of fused-ring (bicyclic) bond motifs is 1. The summed E-state index contributed by atoms with van der Waals surface area (Å²) in [6.07, 6.45) is 0.165. The number of aromatic nitrogens is 2. The average Bonchev–Trinajstić information content (AvgIpc) is 3.13. The molecule has 2 heterocycles. The Hall–Kier alpha value is -1.93.